The van der Waals surface area contributed by atoms with E-state index >= 15 is 0 Å². The molecule has 0 radical (unpaired) electrons. The third-order valence-corrected chi connectivity index (χ3v) is 2.79. The van der Waals surface area contributed by atoms with Crippen molar-refractivity contribution in [2.75, 3.05) is 0 Å². The summed E-state index contributed by atoms with van der Waals surface area (Å²) in [6.07, 6.45) is 8.62. The maximum Gasteiger partial charge on any atom is 0.181 e. The van der Waals surface area contributed by atoms with Crippen molar-refractivity contribution in [3.63, 3.8) is 0 Å². The molecule has 64 valence electrons. The Morgan fingerprint density at radius 1 is 1.50 bits per heavy atom. The molecule has 0 aliphatic heterocycles. The molecule has 0 aromatic carbocycles. The summed E-state index contributed by atoms with van der Waals surface area (Å²) >= 11 is 0. The van der Waals surface area contributed by atoms with E-state index in [9.17, 15) is 4.79 Å². The molecule has 0 heterocycles. The molecule has 1 nitrogen and oxygen atoms in total. The number of hydrogen-bond donors (Lipinski definition) is 0. The van der Waals surface area contributed by atoms with E-state index in [1.54, 1.807) is 6.08 Å². The van der Waals surface area contributed by atoms with Gasteiger partial charge >= 0.3 is 0 Å². The summed E-state index contributed by atoms with van der Waals surface area (Å²) in [5.41, 5.74) is 2.34. The predicted molar refractivity (Wildman–Crippen MR) is 48.8 cm³/mol. The van der Waals surface area contributed by atoms with E-state index < -0.39 is 0 Å². The van der Waals surface area contributed by atoms with Gasteiger partial charge in [0, 0.05) is 0 Å². The quantitative estimate of drug-likeness (QED) is 0.535. The molecule has 1 heteroatoms. The van der Waals surface area contributed by atoms with Crippen LogP contribution in [0.4, 0.5) is 0 Å². The van der Waals surface area contributed by atoms with E-state index in [0.29, 0.717) is 5.92 Å². The fraction of sp³-hybridized carbons (Fsp3) is 0.545. The van der Waals surface area contributed by atoms with Crippen LogP contribution in [0.2, 0.25) is 0 Å². The van der Waals surface area contributed by atoms with E-state index in [1.165, 1.54) is 18.4 Å². The van der Waals surface area contributed by atoms with Gasteiger partial charge in [0.25, 0.3) is 0 Å². The highest BCUT2D eigenvalue weighted by atomic mass is 16.1. The third kappa shape index (κ3) is 1.24. The Morgan fingerprint density at radius 3 is 3.17 bits per heavy atom. The summed E-state index contributed by atoms with van der Waals surface area (Å²) in [6.45, 7) is 2.06. The molecule has 12 heavy (non-hydrogen) atoms. The van der Waals surface area contributed by atoms with Crippen LogP contribution in [0.25, 0.3) is 0 Å². The van der Waals surface area contributed by atoms with Crippen LogP contribution in [0.1, 0.15) is 32.6 Å². The van der Waals surface area contributed by atoms with Gasteiger partial charge in [-0.3, -0.25) is 4.79 Å². The van der Waals surface area contributed by atoms with Crippen LogP contribution < -0.4 is 0 Å². The standard InChI is InChI=1S/C11H14O/c1-8-6-9-4-2-3-5-10(9)11(12)7-8/h5,7,9H,2-4,6H2,1H3. The Balaban J connectivity index is 2.32. The van der Waals surface area contributed by atoms with Gasteiger partial charge < -0.3 is 0 Å². The molecule has 0 saturated carbocycles. The number of carbonyl (C=O) groups is 1. The Kier molecular flexibility index (Phi) is 1.87. The van der Waals surface area contributed by atoms with E-state index in [4.69, 9.17) is 0 Å². The van der Waals surface area contributed by atoms with E-state index in [0.717, 1.165) is 18.4 Å². The molecule has 0 N–H and O–H groups in total. The summed E-state index contributed by atoms with van der Waals surface area (Å²) in [5, 5.41) is 0. The molecule has 0 aromatic rings. The highest BCUT2D eigenvalue weighted by Gasteiger charge is 2.25. The van der Waals surface area contributed by atoms with Crippen LogP contribution in [0.15, 0.2) is 23.3 Å². The van der Waals surface area contributed by atoms with Gasteiger partial charge in [0.05, 0.1) is 0 Å². The molecule has 0 aromatic heterocycles. The fourth-order valence-electron chi connectivity index (χ4n) is 2.21. The van der Waals surface area contributed by atoms with E-state index in [1.807, 2.05) is 0 Å². The minimum Gasteiger partial charge on any atom is -0.290 e. The third-order valence-electron chi connectivity index (χ3n) is 2.79. The second kappa shape index (κ2) is 2.89. The maximum atomic E-state index is 11.5. The van der Waals surface area contributed by atoms with Crippen LogP contribution >= 0.6 is 0 Å². The molecule has 2 aliphatic carbocycles. The summed E-state index contributed by atoms with van der Waals surface area (Å²) < 4.78 is 0. The molecule has 0 fully saturated rings. The molecule has 0 amide bonds. The fourth-order valence-corrected chi connectivity index (χ4v) is 2.21. The average Bonchev–Trinajstić information content (AvgIpc) is 2.04. The first-order chi connectivity index (χ1) is 5.77. The second-order valence-electron chi connectivity index (χ2n) is 3.85. The van der Waals surface area contributed by atoms with Gasteiger partial charge in [-0.05, 0) is 50.2 Å². The molecule has 0 spiro atoms. The lowest BCUT2D eigenvalue weighted by molar-refractivity contribution is -0.112. The lowest BCUT2D eigenvalue weighted by atomic mass is 9.78. The zero-order valence-electron chi connectivity index (χ0n) is 7.47. The van der Waals surface area contributed by atoms with Gasteiger partial charge in [-0.1, -0.05) is 11.6 Å². The van der Waals surface area contributed by atoms with Crippen molar-refractivity contribution in [2.24, 2.45) is 5.92 Å². The van der Waals surface area contributed by atoms with Gasteiger partial charge in [0.15, 0.2) is 5.78 Å². The number of ketones is 1. The van der Waals surface area contributed by atoms with Gasteiger partial charge in [-0.15, -0.1) is 0 Å². The first kappa shape index (κ1) is 7.78. The number of fused-ring (bicyclic) bond motifs is 1. The highest BCUT2D eigenvalue weighted by molar-refractivity contribution is 6.05. The molecular weight excluding hydrogens is 148 g/mol. The van der Waals surface area contributed by atoms with Gasteiger partial charge in [0.1, 0.15) is 0 Å². The molecule has 0 bridgehead atoms. The van der Waals surface area contributed by atoms with Crippen molar-refractivity contribution in [1.82, 2.24) is 0 Å². The average molecular weight is 162 g/mol. The number of carbonyl (C=O) groups excluding carboxylic acids is 1. The molecule has 2 rings (SSSR count). The van der Waals surface area contributed by atoms with Crippen molar-refractivity contribution in [3.8, 4) is 0 Å². The lowest BCUT2D eigenvalue weighted by Crippen LogP contribution is -2.19. The number of rotatable bonds is 0. The highest BCUT2D eigenvalue weighted by Crippen LogP contribution is 2.34. The number of allylic oxidation sites excluding steroid dienone is 4. The SMILES string of the molecule is CC1=CC(=O)C2=CCCCC2C1. The zero-order chi connectivity index (χ0) is 8.55. The molecule has 1 atom stereocenters. The monoisotopic (exact) mass is 162 g/mol. The first-order valence-electron chi connectivity index (χ1n) is 4.69. The molecule has 0 saturated heterocycles. The first-order valence-corrected chi connectivity index (χ1v) is 4.69. The Labute approximate surface area is 73.2 Å². The van der Waals surface area contributed by atoms with Crippen molar-refractivity contribution >= 4 is 5.78 Å². The molecule has 1 unspecified atom stereocenters. The van der Waals surface area contributed by atoms with Crippen LogP contribution in [-0.2, 0) is 4.79 Å². The zero-order valence-corrected chi connectivity index (χ0v) is 7.47. The maximum absolute atomic E-state index is 11.5. The van der Waals surface area contributed by atoms with Crippen molar-refractivity contribution in [3.05, 3.63) is 23.3 Å². The largest absolute Gasteiger partial charge is 0.290 e. The van der Waals surface area contributed by atoms with Crippen LogP contribution in [-0.4, -0.2) is 5.78 Å². The minimum absolute atomic E-state index is 0.267. The Morgan fingerprint density at radius 2 is 2.33 bits per heavy atom. The second-order valence-corrected chi connectivity index (χ2v) is 3.85. The van der Waals surface area contributed by atoms with Crippen LogP contribution in [0.3, 0.4) is 0 Å². The van der Waals surface area contributed by atoms with Crippen LogP contribution in [0, 0.1) is 5.92 Å². The van der Waals surface area contributed by atoms with E-state index in [2.05, 4.69) is 13.0 Å². The summed E-state index contributed by atoms with van der Waals surface area (Å²) in [7, 11) is 0. The predicted octanol–water partition coefficient (Wildman–Crippen LogP) is 2.63. The number of hydrogen-bond acceptors (Lipinski definition) is 1. The van der Waals surface area contributed by atoms with Crippen molar-refractivity contribution in [1.29, 1.82) is 0 Å². The van der Waals surface area contributed by atoms with Crippen LogP contribution in [0.5, 0.6) is 0 Å². The normalized spacial score (nSPS) is 29.1. The Hall–Kier alpha value is -0.850. The smallest absolute Gasteiger partial charge is 0.181 e. The summed E-state index contributed by atoms with van der Waals surface area (Å²) in [5.74, 6) is 0.819. The topological polar surface area (TPSA) is 17.1 Å². The van der Waals surface area contributed by atoms with E-state index in [-0.39, 0.29) is 5.78 Å². The van der Waals surface area contributed by atoms with Crippen molar-refractivity contribution in [2.45, 2.75) is 32.6 Å². The van der Waals surface area contributed by atoms with Gasteiger partial charge in [-0.2, -0.15) is 0 Å². The van der Waals surface area contributed by atoms with Gasteiger partial charge in [0.2, 0.25) is 0 Å². The van der Waals surface area contributed by atoms with Crippen molar-refractivity contribution < 1.29 is 4.79 Å². The summed E-state index contributed by atoms with van der Waals surface area (Å²) in [4.78, 5) is 11.5. The molecular formula is C11H14O. The van der Waals surface area contributed by atoms with Gasteiger partial charge in [-0.25, -0.2) is 0 Å². The lowest BCUT2D eigenvalue weighted by Gasteiger charge is -2.26. The molecule has 2 aliphatic rings. The minimum atomic E-state index is 0.267. The Bertz CT molecular complexity index is 271. The summed E-state index contributed by atoms with van der Waals surface area (Å²) in [6, 6.07) is 0.